The number of hydrogen-bond acceptors (Lipinski definition) is 4. The first kappa shape index (κ1) is 21.2. The molecule has 4 aromatic carbocycles. The second kappa shape index (κ2) is 8.47. The van der Waals surface area contributed by atoms with Gasteiger partial charge in [0, 0.05) is 11.6 Å². The third-order valence-electron chi connectivity index (χ3n) is 6.55. The van der Waals surface area contributed by atoms with Crippen LogP contribution in [0.15, 0.2) is 91.0 Å². The van der Waals surface area contributed by atoms with Crippen LogP contribution in [0.25, 0.3) is 0 Å². The smallest absolute Gasteiger partial charge is 0.240 e. The molecule has 4 aromatic rings. The Morgan fingerprint density at radius 1 is 0.800 bits per heavy atom. The molecule has 0 radical (unpaired) electrons. The normalized spacial score (nSPS) is 16.5. The molecule has 0 spiro atoms. The van der Waals surface area contributed by atoms with Gasteiger partial charge in [-0.3, -0.25) is 9.69 Å². The topological polar surface area (TPSA) is 59.0 Å². The van der Waals surface area contributed by atoms with Gasteiger partial charge in [-0.2, -0.15) is 0 Å². The number of para-hydroxylation sites is 1. The van der Waals surface area contributed by atoms with Crippen molar-refractivity contribution in [2.45, 2.75) is 12.0 Å². The fourth-order valence-electron chi connectivity index (χ4n) is 5.04. The first-order chi connectivity index (χ1) is 17.1. The summed E-state index contributed by atoms with van der Waals surface area (Å²) in [5.41, 5.74) is 2.78. The van der Waals surface area contributed by atoms with Gasteiger partial charge in [0.25, 0.3) is 0 Å². The van der Waals surface area contributed by atoms with E-state index >= 15 is 4.39 Å². The Kier molecular flexibility index (Phi) is 5.14. The molecule has 0 bridgehead atoms. The van der Waals surface area contributed by atoms with E-state index in [4.69, 9.17) is 9.47 Å². The summed E-state index contributed by atoms with van der Waals surface area (Å²) >= 11 is 0. The van der Waals surface area contributed by atoms with E-state index in [2.05, 4.69) is 0 Å². The summed E-state index contributed by atoms with van der Waals surface area (Å²) < 4.78 is 26.7. The SMILES string of the molecule is O=C1C(c2cc3c(cc2O)OCCO3)c2cccc(F)c2N1C(c1ccccc1)c1ccccc1. The van der Waals surface area contributed by atoms with E-state index in [1.54, 1.807) is 18.2 Å². The average Bonchev–Trinajstić information content (AvgIpc) is 3.18. The van der Waals surface area contributed by atoms with Crippen LogP contribution in [0.1, 0.15) is 34.2 Å². The Labute approximate surface area is 202 Å². The molecule has 1 atom stereocenters. The predicted octanol–water partition coefficient (Wildman–Crippen LogP) is 5.57. The van der Waals surface area contributed by atoms with E-state index in [-0.39, 0.29) is 17.3 Å². The molecule has 2 heterocycles. The highest BCUT2D eigenvalue weighted by molar-refractivity contribution is 6.08. The first-order valence-corrected chi connectivity index (χ1v) is 11.5. The molecule has 1 N–H and O–H groups in total. The Hall–Kier alpha value is -4.32. The maximum atomic E-state index is 15.5. The van der Waals surface area contributed by atoms with Crippen molar-refractivity contribution in [3.8, 4) is 17.2 Å². The highest BCUT2D eigenvalue weighted by Gasteiger charge is 2.45. The highest BCUT2D eigenvalue weighted by Crippen LogP contribution is 2.51. The van der Waals surface area contributed by atoms with Gasteiger partial charge < -0.3 is 14.6 Å². The Morgan fingerprint density at radius 3 is 2.03 bits per heavy atom. The van der Waals surface area contributed by atoms with Gasteiger partial charge >= 0.3 is 0 Å². The van der Waals surface area contributed by atoms with Crippen molar-refractivity contribution < 1.29 is 23.8 Å². The maximum Gasteiger partial charge on any atom is 0.240 e. The van der Waals surface area contributed by atoms with Gasteiger partial charge in [-0.1, -0.05) is 72.8 Å². The summed E-state index contributed by atoms with van der Waals surface area (Å²) in [5, 5.41) is 10.9. The number of rotatable bonds is 4. The number of ether oxygens (including phenoxy) is 2. The minimum absolute atomic E-state index is 0.0966. The highest BCUT2D eigenvalue weighted by atomic mass is 19.1. The van der Waals surface area contributed by atoms with Gasteiger partial charge in [0.15, 0.2) is 11.5 Å². The van der Waals surface area contributed by atoms with Crippen molar-refractivity contribution in [2.24, 2.45) is 0 Å². The van der Waals surface area contributed by atoms with E-state index in [1.165, 1.54) is 17.0 Å². The summed E-state index contributed by atoms with van der Waals surface area (Å²) in [5.74, 6) is -0.934. The number of carbonyl (C=O) groups excluding carboxylic acids is 1. The molecule has 2 aliphatic rings. The van der Waals surface area contributed by atoms with Gasteiger partial charge in [0.05, 0.1) is 17.6 Å². The predicted molar refractivity (Wildman–Crippen MR) is 130 cm³/mol. The number of benzene rings is 4. The van der Waals surface area contributed by atoms with Crippen LogP contribution in [0.2, 0.25) is 0 Å². The average molecular weight is 467 g/mol. The number of anilines is 1. The molecule has 174 valence electrons. The standard InChI is InChI=1S/C29H22FNO4/c30-22-13-7-12-20-26(21-16-24-25(17-23(21)32)35-15-14-34-24)29(33)31(28(20)22)27(18-8-3-1-4-9-18)19-10-5-2-6-11-19/h1-13,16-17,26-27,32H,14-15H2. The molecule has 6 rings (SSSR count). The molecule has 5 nitrogen and oxygen atoms in total. The van der Waals surface area contributed by atoms with Gasteiger partial charge in [-0.05, 0) is 28.8 Å². The zero-order valence-electron chi connectivity index (χ0n) is 18.7. The molecule has 0 saturated heterocycles. The molecule has 0 aromatic heterocycles. The number of nitrogens with zero attached hydrogens (tertiary/aromatic N) is 1. The fraction of sp³-hybridized carbons (Fsp3) is 0.138. The van der Waals surface area contributed by atoms with Crippen LogP contribution in [-0.4, -0.2) is 24.2 Å². The van der Waals surface area contributed by atoms with E-state index in [1.807, 2.05) is 60.7 Å². The number of fused-ring (bicyclic) bond motifs is 2. The van der Waals surface area contributed by atoms with Crippen LogP contribution >= 0.6 is 0 Å². The first-order valence-electron chi connectivity index (χ1n) is 11.5. The van der Waals surface area contributed by atoms with Crippen LogP contribution in [0.3, 0.4) is 0 Å². The van der Waals surface area contributed by atoms with E-state index < -0.39 is 17.8 Å². The third kappa shape index (κ3) is 3.49. The number of phenols is 1. The second-order valence-electron chi connectivity index (χ2n) is 8.60. The van der Waals surface area contributed by atoms with Crippen LogP contribution < -0.4 is 14.4 Å². The van der Waals surface area contributed by atoms with Crippen molar-refractivity contribution in [3.05, 3.63) is 119 Å². The van der Waals surface area contributed by atoms with Gasteiger partial charge in [-0.15, -0.1) is 0 Å². The Morgan fingerprint density at radius 2 is 1.40 bits per heavy atom. The summed E-state index contributed by atoms with van der Waals surface area (Å²) in [4.78, 5) is 15.7. The minimum Gasteiger partial charge on any atom is -0.507 e. The van der Waals surface area contributed by atoms with Gasteiger partial charge in [0.1, 0.15) is 24.8 Å². The van der Waals surface area contributed by atoms with Crippen molar-refractivity contribution in [1.29, 1.82) is 0 Å². The maximum absolute atomic E-state index is 15.5. The summed E-state index contributed by atoms with van der Waals surface area (Å²) in [6, 6.07) is 26.4. The summed E-state index contributed by atoms with van der Waals surface area (Å²) in [6.07, 6.45) is 0. The molecule has 0 fully saturated rings. The number of phenolic OH excluding ortho intramolecular Hbond substituents is 1. The second-order valence-corrected chi connectivity index (χ2v) is 8.60. The van der Waals surface area contributed by atoms with Crippen LogP contribution in [0.5, 0.6) is 17.2 Å². The van der Waals surface area contributed by atoms with E-state index in [0.717, 1.165) is 11.1 Å². The number of amides is 1. The zero-order chi connectivity index (χ0) is 23.9. The Balaban J connectivity index is 1.55. The van der Waals surface area contributed by atoms with E-state index in [9.17, 15) is 9.90 Å². The molecular weight excluding hydrogens is 445 g/mol. The molecule has 1 amide bonds. The lowest BCUT2D eigenvalue weighted by atomic mass is 9.91. The number of halogens is 1. The lowest BCUT2D eigenvalue weighted by Gasteiger charge is -2.30. The quantitative estimate of drug-likeness (QED) is 0.426. The molecule has 6 heteroatoms. The van der Waals surface area contributed by atoms with Crippen LogP contribution in [-0.2, 0) is 4.79 Å². The van der Waals surface area contributed by atoms with Gasteiger partial charge in [0.2, 0.25) is 5.91 Å². The molecule has 0 saturated carbocycles. The number of hydrogen-bond donors (Lipinski definition) is 1. The fourth-order valence-corrected chi connectivity index (χ4v) is 5.04. The summed E-state index contributed by atoms with van der Waals surface area (Å²) in [6.45, 7) is 0.753. The van der Waals surface area contributed by atoms with E-state index in [0.29, 0.717) is 35.8 Å². The summed E-state index contributed by atoms with van der Waals surface area (Å²) in [7, 11) is 0. The molecule has 1 unspecified atom stereocenters. The van der Waals surface area contributed by atoms with Gasteiger partial charge in [-0.25, -0.2) is 4.39 Å². The van der Waals surface area contributed by atoms with Crippen molar-refractivity contribution in [2.75, 3.05) is 18.1 Å². The molecule has 2 aliphatic heterocycles. The largest absolute Gasteiger partial charge is 0.507 e. The lowest BCUT2D eigenvalue weighted by Crippen LogP contribution is -2.34. The molecule has 35 heavy (non-hydrogen) atoms. The van der Waals surface area contributed by atoms with Crippen LogP contribution in [0.4, 0.5) is 10.1 Å². The molecular formula is C29H22FNO4. The lowest BCUT2D eigenvalue weighted by molar-refractivity contribution is -0.118. The minimum atomic E-state index is -0.897. The van der Waals surface area contributed by atoms with Crippen molar-refractivity contribution in [3.63, 3.8) is 0 Å². The number of aromatic hydroxyl groups is 1. The third-order valence-corrected chi connectivity index (χ3v) is 6.55. The van der Waals surface area contributed by atoms with Crippen molar-refractivity contribution in [1.82, 2.24) is 0 Å². The van der Waals surface area contributed by atoms with Crippen LogP contribution in [0, 0.1) is 5.82 Å². The Bertz CT molecular complexity index is 1370. The zero-order valence-corrected chi connectivity index (χ0v) is 18.7. The number of carbonyl (C=O) groups is 1. The monoisotopic (exact) mass is 467 g/mol. The van der Waals surface area contributed by atoms with Crippen molar-refractivity contribution >= 4 is 11.6 Å². The molecule has 0 aliphatic carbocycles.